The van der Waals surface area contributed by atoms with E-state index in [1.54, 1.807) is 36.6 Å². The molecule has 10 fully saturated rings. The second-order valence-corrected chi connectivity index (χ2v) is 31.7. The Hall–Kier alpha value is -7.30. The number of hydrogen-bond acceptors (Lipinski definition) is 15. The number of benzene rings is 5. The lowest BCUT2D eigenvalue weighted by Gasteiger charge is -2.37. The zero-order chi connectivity index (χ0) is 168. The molecule has 30 heteroatoms. The van der Waals surface area contributed by atoms with E-state index in [9.17, 15) is 24.0 Å². The molecule has 0 unspecified atom stereocenters. The van der Waals surface area contributed by atoms with Crippen LogP contribution in [0, 0.1) is 64.1 Å². The smallest absolute Gasteiger partial charge is 0.314 e. The maximum absolute atomic E-state index is 12.1. The van der Waals surface area contributed by atoms with E-state index in [1.165, 1.54) is 101 Å². The van der Waals surface area contributed by atoms with Gasteiger partial charge >= 0.3 is 30.2 Å². The van der Waals surface area contributed by atoms with Gasteiger partial charge in [-0.3, -0.25) is 24.5 Å². The molecule has 5 aromatic carbocycles. The predicted molar refractivity (Wildman–Crippen MR) is 564 cm³/mol. The first kappa shape index (κ1) is 43.3. The molecule has 0 bridgehead atoms. The highest BCUT2D eigenvalue weighted by atomic mass is 35.5. The Bertz CT molecular complexity index is 7950. The van der Waals surface area contributed by atoms with Crippen molar-refractivity contribution in [2.45, 2.75) is 225 Å². The van der Waals surface area contributed by atoms with Crippen molar-refractivity contribution in [3.8, 4) is 0 Å². The Morgan fingerprint density at radius 2 is 0.519 bits per heavy atom. The van der Waals surface area contributed by atoms with Crippen LogP contribution < -0.4 is 77.7 Å². The molecule has 25 nitrogen and oxygen atoms in total. The number of piperazine rings is 5. The first-order valence-electron chi connectivity index (χ1n) is 82.2. The lowest BCUT2D eigenvalue weighted by Crippen LogP contribution is -2.47. The molecule has 750 valence electrons. The number of urea groups is 5. The molecular formula is C105H165Cl5N20O5. The van der Waals surface area contributed by atoms with Crippen molar-refractivity contribution in [2.24, 2.45) is 29.5 Å². The van der Waals surface area contributed by atoms with Gasteiger partial charge in [-0.05, 0) is 315 Å². The van der Waals surface area contributed by atoms with Gasteiger partial charge in [-0.25, -0.2) is 24.0 Å². The minimum Gasteiger partial charge on any atom is -0.368 e. The van der Waals surface area contributed by atoms with Crippen LogP contribution in [-0.4, -0.2) is 283 Å². The van der Waals surface area contributed by atoms with E-state index >= 15 is 0 Å². The van der Waals surface area contributed by atoms with Crippen molar-refractivity contribution in [3.63, 3.8) is 0 Å². The fraction of sp³-hybridized carbons (Fsp3) is 0.667. The van der Waals surface area contributed by atoms with Crippen molar-refractivity contribution < 1.29 is 134 Å². The van der Waals surface area contributed by atoms with Gasteiger partial charge in [0.1, 0.15) is 0 Å². The largest absolute Gasteiger partial charge is 0.368 e. The van der Waals surface area contributed by atoms with Gasteiger partial charge in [-0.2, -0.15) is 0 Å². The van der Waals surface area contributed by atoms with Crippen LogP contribution >= 0.6 is 58.0 Å². The molecule has 0 spiro atoms. The fourth-order valence-corrected chi connectivity index (χ4v) is 13.7. The molecule has 5 saturated heterocycles. The van der Waals surface area contributed by atoms with E-state index in [4.69, 9.17) is 168 Å². The summed E-state index contributed by atoms with van der Waals surface area (Å²) in [6.07, 6.45) is -59.3. The van der Waals surface area contributed by atoms with Gasteiger partial charge < -0.3 is 77.7 Å². The molecule has 15 rings (SSSR count). The Morgan fingerprint density at radius 3 is 0.763 bits per heavy atom. The summed E-state index contributed by atoms with van der Waals surface area (Å²) in [5, 5.41) is 19.8. The molecule has 5 aromatic rings. The van der Waals surface area contributed by atoms with E-state index in [-0.39, 0.29) is 155 Å². The summed E-state index contributed by atoms with van der Waals surface area (Å²) in [7, 11) is 5.91. The average Bonchev–Trinajstić information content (AvgIpc) is 0.641. The Balaban J connectivity index is 0.000000246. The summed E-state index contributed by atoms with van der Waals surface area (Å²) in [5.41, 5.74) is -0.201. The normalized spacial score (nSPS) is 48.4. The van der Waals surface area contributed by atoms with Gasteiger partial charge in [-0.15, -0.1) is 0 Å². The number of halogens is 5. The van der Waals surface area contributed by atoms with Crippen molar-refractivity contribution in [1.29, 1.82) is 0 Å². The number of carbonyl (C=O) groups is 5. The van der Waals surface area contributed by atoms with Crippen LogP contribution in [0.5, 0.6) is 0 Å². The van der Waals surface area contributed by atoms with Gasteiger partial charge in [0.25, 0.3) is 0 Å². The number of aryl methyl sites for hydroxylation is 5. The Morgan fingerprint density at radius 1 is 0.296 bits per heavy atom. The highest BCUT2D eigenvalue weighted by Crippen LogP contribution is 2.39. The lowest BCUT2D eigenvalue weighted by molar-refractivity contribution is 0.205. The third-order valence-electron chi connectivity index (χ3n) is 20.2. The zero-order valence-electron chi connectivity index (χ0n) is 155. The molecule has 0 atom stereocenters. The third kappa shape index (κ3) is 34.9. The number of nitrogens with zero attached hydrogens (tertiary/aromatic N) is 10. The van der Waals surface area contributed by atoms with Crippen molar-refractivity contribution in [3.05, 3.63) is 144 Å². The van der Waals surface area contributed by atoms with E-state index in [0.717, 1.165) is 39.3 Å². The molecule has 5 heterocycles. The number of rotatable bonds is 25. The molecule has 5 aliphatic heterocycles. The second kappa shape index (κ2) is 56.8. The van der Waals surface area contributed by atoms with Gasteiger partial charge in [0.05, 0.1) is 85.1 Å². The summed E-state index contributed by atoms with van der Waals surface area (Å²) >= 11 is 31.6. The molecule has 0 radical (unpaired) electrons. The minimum absolute atomic E-state index is 0.0148. The fourth-order valence-electron chi connectivity index (χ4n) is 12.6. The number of amides is 10. The van der Waals surface area contributed by atoms with Crippen molar-refractivity contribution >= 4 is 117 Å². The van der Waals surface area contributed by atoms with Crippen LogP contribution in [-0.2, 0) is 0 Å². The Labute approximate surface area is 947 Å². The van der Waals surface area contributed by atoms with E-state index in [2.05, 4.69) is 21.3 Å². The van der Waals surface area contributed by atoms with Gasteiger partial charge in [0.2, 0.25) is 0 Å². The highest BCUT2D eigenvalue weighted by Gasteiger charge is 2.33. The first-order valence-corrected chi connectivity index (χ1v) is 44.0. The van der Waals surface area contributed by atoms with Gasteiger partial charge in [0.15, 0.2) is 0 Å². The van der Waals surface area contributed by atoms with Crippen molar-refractivity contribution in [1.82, 2.24) is 77.7 Å². The maximum Gasteiger partial charge on any atom is 0.314 e. The van der Waals surface area contributed by atoms with E-state index in [0.29, 0.717) is 22.3 Å². The van der Waals surface area contributed by atoms with Crippen molar-refractivity contribution in [2.75, 3.05) is 222 Å². The number of carbonyl (C=O) groups excluding carboxylic acids is 5. The lowest BCUT2D eigenvalue weighted by atomic mass is 9.84. The minimum atomic E-state index is -4.38. The standard InChI is InChI=1S/5C21H33ClN4O/c5*1-16-4-3-5-19(20(16)22)26-14-12-25(13-15-26)11-10-17-6-8-18(9-7-17)24-21(27)23-2/h5*3-5,17-18H,6-15H2,1-2H3,(H2,23,24,27)/i6D2,7D2,8D2,9D2,10D2,12D2,13D2,14D2,15D2,17D,18D;2*6D2,7D2,8D2,9D2,12D2,13D2,14D2,15D2,17D,18D;2*10D2,11D2,12D2,13D2,14D2,15D2. The molecule has 135 heavy (non-hydrogen) atoms. The predicted octanol–water partition coefficient (Wildman–Crippen LogP) is 18.2. The van der Waals surface area contributed by atoms with Crippen LogP contribution in [0.15, 0.2) is 91.0 Å². The molecule has 10 amide bonds. The summed E-state index contributed by atoms with van der Waals surface area (Å²) in [6.45, 7) is -75.1. The summed E-state index contributed by atoms with van der Waals surface area (Å²) < 4.78 is 691. The van der Waals surface area contributed by atoms with Crippen LogP contribution in [0.2, 0.25) is 25.1 Å². The van der Waals surface area contributed by atoms with Crippen LogP contribution in [0.25, 0.3) is 0 Å². The zero-order valence-corrected chi connectivity index (χ0v) is 78.8. The first-order chi connectivity index (χ1) is 95.5. The summed E-state index contributed by atoms with van der Waals surface area (Å²) in [6, 6.07) is 3.40. The summed E-state index contributed by atoms with van der Waals surface area (Å²) in [5.74, 6) is -13.7. The van der Waals surface area contributed by atoms with E-state index in [1.807, 2.05) is 16.0 Å². The topological polar surface area (TPSA) is 238 Å². The third-order valence-corrected chi connectivity index (χ3v) is 22.7. The van der Waals surface area contributed by atoms with Crippen LogP contribution in [0.1, 0.15) is 297 Å². The molecule has 0 aromatic heterocycles. The number of anilines is 5. The van der Waals surface area contributed by atoms with E-state index < -0.39 is 366 Å². The number of nitrogens with one attached hydrogen (secondary N) is 10. The monoisotopic (exact) mass is 2040 g/mol. The second-order valence-electron chi connectivity index (χ2n) is 29.8. The SMILES string of the molecule is [2H]C([2H])(C1CCC(NC(=O)NC)CC1)C([2H])([2H])N1C([2H])([2H])C([2H])([2H])N(c2cccc(C)c2Cl)C([2H])([2H])C1([2H])[2H].[2H]C([2H])(C1CCC(NC(=O)NC)CC1)C([2H])([2H])N1C([2H])([2H])C([2H])([2H])N(c2cccc(C)c2Cl)C([2H])([2H])C1([2H])[2H].[2H]C([2H])(CN1C([2H])([2H])C([2H])([2H])N(c2cccc(C)c2Cl)C([2H])([2H])C1([2H])[2H])C1([2H])C([2H])([2H])C([2H])([2H])C([2H])(NC(=O)NC)C([2H])([2H])C1([2H])[2H].[2H]C1([2H])N(CCC2([2H])C([2H])([2H])C([2H])([2H])C([2H])(NC(=O)NC)C([2H])([2H])C2([2H])[2H])C([2H])([2H])C([2H])([2H])N(c2cccc(C)c2Cl)C1([2H])[2H].[2H]C1([2H])N(CCC2([2H])C([2H])([2H])C([2H])([2H])C([2H])(NC(=O)NC)C([2H])([2H])C2([2H])[2H])C([2H])([2H])C([2H])([2H])N(c2cccc(C)c2Cl)C1([2H])[2H]. The van der Waals surface area contributed by atoms with Crippen LogP contribution in [0.3, 0.4) is 0 Å². The highest BCUT2D eigenvalue weighted by molar-refractivity contribution is 6.35. The molecule has 10 N–H and O–H groups in total. The average molecular weight is 2050 g/mol. The van der Waals surface area contributed by atoms with Gasteiger partial charge in [-0.1, -0.05) is 119 Å². The molecular weight excluding hydrogens is 1800 g/mol. The Kier molecular flexibility index (Phi) is 18.2. The summed E-state index contributed by atoms with van der Waals surface area (Å²) in [4.78, 5) is 59.5. The molecule has 5 aliphatic carbocycles. The van der Waals surface area contributed by atoms with Gasteiger partial charge in [0, 0.05) is 273 Å². The molecule has 5 saturated carbocycles. The maximum atomic E-state index is 12.1. The number of hydrogen-bond donors (Lipinski definition) is 10. The van der Waals surface area contributed by atoms with Crippen LogP contribution in [0.4, 0.5) is 52.4 Å². The molecule has 10 aliphatic rings. The quantitative estimate of drug-likeness (QED) is 0.0262.